The predicted octanol–water partition coefficient (Wildman–Crippen LogP) is 3.45. The van der Waals surface area contributed by atoms with E-state index in [2.05, 4.69) is 13.8 Å². The van der Waals surface area contributed by atoms with E-state index in [0.29, 0.717) is 23.2 Å². The van der Waals surface area contributed by atoms with Gasteiger partial charge in [0.1, 0.15) is 4.90 Å². The molecular formula is C15H25ClN2O2S. The van der Waals surface area contributed by atoms with E-state index < -0.39 is 10.0 Å². The molecule has 0 spiro atoms. The van der Waals surface area contributed by atoms with Gasteiger partial charge < -0.3 is 4.57 Å². The lowest BCUT2D eigenvalue weighted by molar-refractivity contribution is 0.373. The Morgan fingerprint density at radius 3 is 2.52 bits per heavy atom. The Kier molecular flexibility index (Phi) is 5.38. The quantitative estimate of drug-likeness (QED) is 0.684. The van der Waals surface area contributed by atoms with E-state index in [1.54, 1.807) is 16.6 Å². The third-order valence-electron chi connectivity index (χ3n) is 3.93. The number of hydrogen-bond donors (Lipinski definition) is 0. The maximum absolute atomic E-state index is 12.9. The molecule has 0 aromatic carbocycles. The Balaban J connectivity index is 2.27. The first kappa shape index (κ1) is 16.8. The molecule has 1 aliphatic rings. The van der Waals surface area contributed by atoms with Gasteiger partial charge >= 0.3 is 0 Å². The smallest absolute Gasteiger partial charge is 0.244 e. The number of nitrogens with zero attached hydrogens (tertiary/aromatic N) is 2. The summed E-state index contributed by atoms with van der Waals surface area (Å²) in [5, 5.41) is 0. The van der Waals surface area contributed by atoms with Crippen molar-refractivity contribution in [2.24, 2.45) is 5.92 Å². The van der Waals surface area contributed by atoms with Crippen LogP contribution in [0, 0.1) is 5.92 Å². The first-order chi connectivity index (χ1) is 9.90. The molecule has 0 unspecified atom stereocenters. The average Bonchev–Trinajstić information content (AvgIpc) is 3.15. The minimum absolute atomic E-state index is 0.193. The molecule has 1 aliphatic carbocycles. The molecule has 0 radical (unpaired) electrons. The summed E-state index contributed by atoms with van der Waals surface area (Å²) in [6, 6.07) is 1.91. The van der Waals surface area contributed by atoms with E-state index in [9.17, 15) is 8.42 Å². The summed E-state index contributed by atoms with van der Waals surface area (Å²) < 4.78 is 29.4. The van der Waals surface area contributed by atoms with E-state index in [1.807, 2.05) is 11.5 Å². The van der Waals surface area contributed by atoms with Crippen LogP contribution in [0.3, 0.4) is 0 Å². The van der Waals surface area contributed by atoms with Gasteiger partial charge in [-0.3, -0.25) is 0 Å². The molecule has 120 valence electrons. The second-order valence-corrected chi connectivity index (χ2v) is 8.27. The fourth-order valence-electron chi connectivity index (χ4n) is 2.45. The van der Waals surface area contributed by atoms with Crippen LogP contribution >= 0.6 is 11.6 Å². The Labute approximate surface area is 133 Å². The summed E-state index contributed by atoms with van der Waals surface area (Å²) in [4.78, 5) is 0.385. The second-order valence-electron chi connectivity index (χ2n) is 6.12. The van der Waals surface area contributed by atoms with E-state index in [0.717, 1.165) is 31.5 Å². The van der Waals surface area contributed by atoms with Crippen LogP contribution in [0.4, 0.5) is 0 Å². The zero-order valence-corrected chi connectivity index (χ0v) is 14.6. The number of aromatic nitrogens is 1. The normalized spacial score (nSPS) is 16.1. The maximum Gasteiger partial charge on any atom is 0.244 e. The maximum atomic E-state index is 12.9. The van der Waals surface area contributed by atoms with Crippen molar-refractivity contribution in [1.82, 2.24) is 8.87 Å². The minimum Gasteiger partial charge on any atom is -0.349 e. The van der Waals surface area contributed by atoms with Crippen LogP contribution in [0.1, 0.15) is 45.7 Å². The molecule has 0 aliphatic heterocycles. The fraction of sp³-hybridized carbons (Fsp3) is 0.733. The topological polar surface area (TPSA) is 42.3 Å². The number of halogens is 1. The van der Waals surface area contributed by atoms with Gasteiger partial charge in [0.25, 0.3) is 0 Å². The Hall–Kier alpha value is -0.520. The van der Waals surface area contributed by atoms with Crippen LogP contribution in [-0.4, -0.2) is 29.9 Å². The van der Waals surface area contributed by atoms with Crippen molar-refractivity contribution in [3.63, 3.8) is 0 Å². The Morgan fingerprint density at radius 2 is 2.10 bits per heavy atom. The van der Waals surface area contributed by atoms with Crippen molar-refractivity contribution in [3.8, 4) is 0 Å². The highest BCUT2D eigenvalue weighted by Crippen LogP contribution is 2.33. The molecule has 0 amide bonds. The van der Waals surface area contributed by atoms with E-state index in [1.165, 1.54) is 0 Å². The lowest BCUT2D eigenvalue weighted by Gasteiger charge is -2.22. The van der Waals surface area contributed by atoms with Crippen molar-refractivity contribution in [1.29, 1.82) is 0 Å². The van der Waals surface area contributed by atoms with Crippen LogP contribution in [0.15, 0.2) is 17.2 Å². The van der Waals surface area contributed by atoms with Crippen LogP contribution in [0.2, 0.25) is 0 Å². The highest BCUT2D eigenvalue weighted by Gasteiger charge is 2.38. The second kappa shape index (κ2) is 6.71. The predicted molar refractivity (Wildman–Crippen MR) is 86.0 cm³/mol. The number of alkyl halides is 1. The summed E-state index contributed by atoms with van der Waals surface area (Å²) in [6.07, 6.45) is 4.58. The molecule has 1 aromatic heterocycles. The molecule has 2 rings (SSSR count). The van der Waals surface area contributed by atoms with Gasteiger partial charge in [0.05, 0.1) is 5.88 Å². The SMILES string of the molecule is CCn1cc(S(=O)(=O)N(CCC(C)C)C2CC2)cc1CCl. The van der Waals surface area contributed by atoms with Crippen molar-refractivity contribution in [3.05, 3.63) is 18.0 Å². The lowest BCUT2D eigenvalue weighted by atomic mass is 10.1. The molecule has 0 N–H and O–H groups in total. The molecule has 21 heavy (non-hydrogen) atoms. The zero-order chi connectivity index (χ0) is 15.6. The first-order valence-corrected chi connectivity index (χ1v) is 9.64. The molecule has 4 nitrogen and oxygen atoms in total. The van der Waals surface area contributed by atoms with Gasteiger partial charge in [-0.15, -0.1) is 11.6 Å². The van der Waals surface area contributed by atoms with Crippen LogP contribution < -0.4 is 0 Å². The zero-order valence-electron chi connectivity index (χ0n) is 13.0. The monoisotopic (exact) mass is 332 g/mol. The molecule has 0 saturated heterocycles. The van der Waals surface area contributed by atoms with Crippen molar-refractivity contribution < 1.29 is 8.42 Å². The van der Waals surface area contributed by atoms with Crippen molar-refractivity contribution >= 4 is 21.6 Å². The van der Waals surface area contributed by atoms with Gasteiger partial charge in [-0.2, -0.15) is 4.31 Å². The van der Waals surface area contributed by atoms with Gasteiger partial charge in [0, 0.05) is 31.0 Å². The van der Waals surface area contributed by atoms with E-state index >= 15 is 0 Å². The number of sulfonamides is 1. The lowest BCUT2D eigenvalue weighted by Crippen LogP contribution is -2.34. The molecule has 0 atom stereocenters. The van der Waals surface area contributed by atoms with E-state index in [4.69, 9.17) is 11.6 Å². The summed E-state index contributed by atoms with van der Waals surface area (Å²) in [5.41, 5.74) is 0.859. The third kappa shape index (κ3) is 3.82. The third-order valence-corrected chi connectivity index (χ3v) is 6.12. The van der Waals surface area contributed by atoms with Crippen LogP contribution in [-0.2, 0) is 22.4 Å². The largest absolute Gasteiger partial charge is 0.349 e. The summed E-state index contributed by atoms with van der Waals surface area (Å²) in [7, 11) is -3.40. The van der Waals surface area contributed by atoms with Gasteiger partial charge in [-0.05, 0) is 38.2 Å². The first-order valence-electron chi connectivity index (χ1n) is 7.67. The summed E-state index contributed by atoms with van der Waals surface area (Å²) in [6.45, 7) is 7.57. The Morgan fingerprint density at radius 1 is 1.43 bits per heavy atom. The molecule has 1 heterocycles. The standard InChI is InChI=1S/C15H25ClN2O2S/c1-4-17-11-15(9-14(17)10-16)21(19,20)18(13-5-6-13)8-7-12(2)3/h9,11-13H,4-8,10H2,1-3H3. The summed E-state index contributed by atoms with van der Waals surface area (Å²) in [5.74, 6) is 0.832. The van der Waals surface area contributed by atoms with Crippen molar-refractivity contribution in [2.45, 2.75) is 63.4 Å². The van der Waals surface area contributed by atoms with Crippen molar-refractivity contribution in [2.75, 3.05) is 6.54 Å². The molecule has 1 fully saturated rings. The number of hydrogen-bond acceptors (Lipinski definition) is 2. The average molecular weight is 333 g/mol. The van der Waals surface area contributed by atoms with Crippen LogP contribution in [0.25, 0.3) is 0 Å². The van der Waals surface area contributed by atoms with Gasteiger partial charge in [-0.1, -0.05) is 13.8 Å². The molecule has 0 bridgehead atoms. The molecule has 6 heteroatoms. The molecule has 1 aromatic rings. The number of aryl methyl sites for hydroxylation is 1. The molecular weight excluding hydrogens is 308 g/mol. The number of rotatable bonds is 8. The van der Waals surface area contributed by atoms with Gasteiger partial charge in [0.2, 0.25) is 10.0 Å². The highest BCUT2D eigenvalue weighted by molar-refractivity contribution is 7.89. The minimum atomic E-state index is -3.40. The van der Waals surface area contributed by atoms with Crippen LogP contribution in [0.5, 0.6) is 0 Å². The highest BCUT2D eigenvalue weighted by atomic mass is 35.5. The van der Waals surface area contributed by atoms with E-state index in [-0.39, 0.29) is 6.04 Å². The van der Waals surface area contributed by atoms with Gasteiger partial charge in [0.15, 0.2) is 0 Å². The Bertz CT molecular complexity index is 555. The molecule has 1 saturated carbocycles. The van der Waals surface area contributed by atoms with Gasteiger partial charge in [-0.25, -0.2) is 8.42 Å². The summed E-state index contributed by atoms with van der Waals surface area (Å²) >= 11 is 5.90. The fourth-order valence-corrected chi connectivity index (χ4v) is 4.45.